The third kappa shape index (κ3) is 5.55. The first-order valence-electron chi connectivity index (χ1n) is 6.05. The van der Waals surface area contributed by atoms with Crippen LogP contribution in [0, 0.1) is 0 Å². The van der Waals surface area contributed by atoms with Gasteiger partial charge in [-0.1, -0.05) is 0 Å². The number of carbonyl (C=O) groups excluding carboxylic acids is 2. The third-order valence-corrected chi connectivity index (χ3v) is 2.64. The molecule has 1 fully saturated rings. The average Bonchev–Trinajstić information content (AvgIpc) is 3.10. The predicted octanol–water partition coefficient (Wildman–Crippen LogP) is -1.17. The second-order valence-electron chi connectivity index (χ2n) is 4.64. The van der Waals surface area contributed by atoms with Gasteiger partial charge in [0.15, 0.2) is 0 Å². The Morgan fingerprint density at radius 2 is 1.85 bits per heavy atom. The molecule has 1 atom stereocenters. The van der Waals surface area contributed by atoms with Gasteiger partial charge in [0.1, 0.15) is 12.6 Å². The molecule has 3 amide bonds. The summed E-state index contributed by atoms with van der Waals surface area (Å²) < 4.78 is 0. The SMILES string of the molecule is CN(CC(=O)NC1CC1)C(=O)N[C@H](CC(=O)O)C(=O)O. The standard InChI is InChI=1S/C11H17N3O6/c1-14(5-8(15)12-6-2-3-6)11(20)13-7(10(18)19)4-9(16)17/h6-7H,2-5H2,1H3,(H,12,15)(H,13,20)(H,16,17)(H,18,19)/t7-/m1/s1. The van der Waals surface area contributed by atoms with Crippen molar-refractivity contribution in [3.05, 3.63) is 0 Å². The summed E-state index contributed by atoms with van der Waals surface area (Å²) in [5.41, 5.74) is 0. The number of carboxylic acid groups (broad SMARTS) is 2. The van der Waals surface area contributed by atoms with Crippen molar-refractivity contribution in [3.8, 4) is 0 Å². The molecule has 0 aromatic rings. The molecule has 0 aromatic heterocycles. The van der Waals surface area contributed by atoms with Crippen molar-refractivity contribution in [3.63, 3.8) is 0 Å². The fraction of sp³-hybridized carbons (Fsp3) is 0.636. The lowest BCUT2D eigenvalue weighted by Gasteiger charge is -2.20. The summed E-state index contributed by atoms with van der Waals surface area (Å²) in [6, 6.07) is -2.18. The van der Waals surface area contributed by atoms with Crippen molar-refractivity contribution in [2.75, 3.05) is 13.6 Å². The zero-order chi connectivity index (χ0) is 15.3. The molecule has 9 nitrogen and oxygen atoms in total. The number of aliphatic carboxylic acids is 2. The molecular formula is C11H17N3O6. The molecule has 9 heteroatoms. The number of nitrogens with zero attached hydrogens (tertiary/aromatic N) is 1. The molecule has 1 aliphatic rings. The maximum absolute atomic E-state index is 11.7. The summed E-state index contributed by atoms with van der Waals surface area (Å²) in [4.78, 5) is 45.4. The highest BCUT2D eigenvalue weighted by Gasteiger charge is 2.27. The predicted molar refractivity (Wildman–Crippen MR) is 66.0 cm³/mol. The van der Waals surface area contributed by atoms with E-state index in [0.717, 1.165) is 17.7 Å². The molecule has 112 valence electrons. The second-order valence-corrected chi connectivity index (χ2v) is 4.64. The van der Waals surface area contributed by atoms with Crippen LogP contribution in [0.15, 0.2) is 0 Å². The fourth-order valence-corrected chi connectivity index (χ4v) is 1.42. The van der Waals surface area contributed by atoms with E-state index in [4.69, 9.17) is 10.2 Å². The van der Waals surface area contributed by atoms with Crippen LogP contribution < -0.4 is 10.6 Å². The summed E-state index contributed by atoms with van der Waals surface area (Å²) in [5, 5.41) is 22.1. The highest BCUT2D eigenvalue weighted by molar-refractivity contribution is 5.88. The van der Waals surface area contributed by atoms with E-state index in [1.807, 2.05) is 5.32 Å². The molecule has 1 saturated carbocycles. The van der Waals surface area contributed by atoms with Gasteiger partial charge in [-0.25, -0.2) is 9.59 Å². The van der Waals surface area contributed by atoms with Gasteiger partial charge in [-0.2, -0.15) is 0 Å². The van der Waals surface area contributed by atoms with Gasteiger partial charge in [0.05, 0.1) is 6.42 Å². The monoisotopic (exact) mass is 287 g/mol. The lowest BCUT2D eigenvalue weighted by molar-refractivity contribution is -0.145. The van der Waals surface area contributed by atoms with E-state index < -0.39 is 30.4 Å². The lowest BCUT2D eigenvalue weighted by Crippen LogP contribution is -2.49. The number of hydrogen-bond donors (Lipinski definition) is 4. The molecule has 20 heavy (non-hydrogen) atoms. The molecule has 0 aliphatic heterocycles. The average molecular weight is 287 g/mol. The second kappa shape index (κ2) is 6.73. The van der Waals surface area contributed by atoms with Crippen LogP contribution >= 0.6 is 0 Å². The fourth-order valence-electron chi connectivity index (χ4n) is 1.42. The van der Waals surface area contributed by atoms with E-state index >= 15 is 0 Å². The molecular weight excluding hydrogens is 270 g/mol. The number of nitrogens with one attached hydrogen (secondary N) is 2. The summed E-state index contributed by atoms with van der Waals surface area (Å²) >= 11 is 0. The van der Waals surface area contributed by atoms with Gasteiger partial charge in [-0.05, 0) is 12.8 Å². The Morgan fingerprint density at radius 3 is 2.30 bits per heavy atom. The summed E-state index contributed by atoms with van der Waals surface area (Å²) in [6.07, 6.45) is 1.10. The Balaban J connectivity index is 2.43. The summed E-state index contributed by atoms with van der Waals surface area (Å²) in [5.74, 6) is -3.13. The van der Waals surface area contributed by atoms with Crippen molar-refractivity contribution in [1.82, 2.24) is 15.5 Å². The number of rotatable bonds is 7. The smallest absolute Gasteiger partial charge is 0.326 e. The topological polar surface area (TPSA) is 136 Å². The summed E-state index contributed by atoms with van der Waals surface area (Å²) in [7, 11) is 1.32. The highest BCUT2D eigenvalue weighted by atomic mass is 16.4. The van der Waals surface area contributed by atoms with Gasteiger partial charge >= 0.3 is 18.0 Å². The van der Waals surface area contributed by atoms with Crippen molar-refractivity contribution in [2.45, 2.75) is 31.3 Å². The lowest BCUT2D eigenvalue weighted by atomic mass is 10.2. The first-order valence-corrected chi connectivity index (χ1v) is 6.05. The van der Waals surface area contributed by atoms with Crippen LogP contribution in [0.2, 0.25) is 0 Å². The molecule has 0 saturated heterocycles. The zero-order valence-electron chi connectivity index (χ0n) is 11.0. The number of amides is 3. The Kier molecular flexibility index (Phi) is 5.30. The first kappa shape index (κ1) is 15.7. The molecule has 0 heterocycles. The Bertz CT molecular complexity index is 420. The Labute approximate surface area is 114 Å². The molecule has 0 radical (unpaired) electrons. The van der Waals surface area contributed by atoms with E-state index in [-0.39, 0.29) is 18.5 Å². The van der Waals surface area contributed by atoms with Gasteiger partial charge in [-0.3, -0.25) is 9.59 Å². The normalized spacial score (nSPS) is 15.1. The van der Waals surface area contributed by atoms with Gasteiger partial charge in [0, 0.05) is 13.1 Å². The van der Waals surface area contributed by atoms with Crippen LogP contribution in [0.1, 0.15) is 19.3 Å². The highest BCUT2D eigenvalue weighted by Crippen LogP contribution is 2.18. The number of carbonyl (C=O) groups is 4. The summed E-state index contributed by atoms with van der Waals surface area (Å²) in [6.45, 7) is -0.220. The van der Waals surface area contributed by atoms with Crippen LogP contribution in [0.25, 0.3) is 0 Å². The van der Waals surface area contributed by atoms with Gasteiger partial charge in [0.2, 0.25) is 5.91 Å². The van der Waals surface area contributed by atoms with Gasteiger partial charge in [0.25, 0.3) is 0 Å². The molecule has 1 rings (SSSR count). The van der Waals surface area contributed by atoms with E-state index in [1.165, 1.54) is 7.05 Å². The van der Waals surface area contributed by atoms with Crippen molar-refractivity contribution < 1.29 is 29.4 Å². The number of urea groups is 1. The molecule has 0 bridgehead atoms. The van der Waals surface area contributed by atoms with E-state index in [9.17, 15) is 19.2 Å². The third-order valence-electron chi connectivity index (χ3n) is 2.64. The molecule has 0 unspecified atom stereocenters. The minimum Gasteiger partial charge on any atom is -0.481 e. The number of likely N-dealkylation sites (N-methyl/N-ethyl adjacent to an activating group) is 1. The van der Waals surface area contributed by atoms with Crippen LogP contribution in [0.5, 0.6) is 0 Å². The number of hydrogen-bond acceptors (Lipinski definition) is 4. The first-order chi connectivity index (χ1) is 9.29. The van der Waals surface area contributed by atoms with Crippen LogP contribution in [0.4, 0.5) is 4.79 Å². The molecule has 0 spiro atoms. The van der Waals surface area contributed by atoms with Gasteiger partial charge in [-0.15, -0.1) is 0 Å². The van der Waals surface area contributed by atoms with E-state index in [1.54, 1.807) is 0 Å². The van der Waals surface area contributed by atoms with Gasteiger partial charge < -0.3 is 25.7 Å². The molecule has 4 N–H and O–H groups in total. The molecule has 1 aliphatic carbocycles. The maximum atomic E-state index is 11.7. The van der Waals surface area contributed by atoms with E-state index in [2.05, 4.69) is 5.32 Å². The molecule has 0 aromatic carbocycles. The quantitative estimate of drug-likeness (QED) is 0.466. The Morgan fingerprint density at radius 1 is 1.25 bits per heavy atom. The maximum Gasteiger partial charge on any atom is 0.326 e. The zero-order valence-corrected chi connectivity index (χ0v) is 11.0. The van der Waals surface area contributed by atoms with Crippen molar-refractivity contribution in [2.24, 2.45) is 0 Å². The largest absolute Gasteiger partial charge is 0.481 e. The van der Waals surface area contributed by atoms with Crippen LogP contribution in [-0.2, 0) is 14.4 Å². The van der Waals surface area contributed by atoms with E-state index in [0.29, 0.717) is 0 Å². The van der Waals surface area contributed by atoms with Crippen LogP contribution in [0.3, 0.4) is 0 Å². The number of carboxylic acids is 2. The minimum atomic E-state index is -1.53. The Hall–Kier alpha value is -2.32. The van der Waals surface area contributed by atoms with Crippen LogP contribution in [-0.4, -0.2) is 64.7 Å². The van der Waals surface area contributed by atoms with Crippen molar-refractivity contribution in [1.29, 1.82) is 0 Å². The minimum absolute atomic E-state index is 0.165. The van der Waals surface area contributed by atoms with Crippen molar-refractivity contribution >= 4 is 23.9 Å².